The van der Waals surface area contributed by atoms with Gasteiger partial charge in [-0.05, 0) is 25.5 Å². The number of allylic oxidation sites excluding steroid dienone is 4. The largest absolute Gasteiger partial charge is 0.497 e. The van der Waals surface area contributed by atoms with Gasteiger partial charge in [-0.2, -0.15) is 0 Å². The van der Waals surface area contributed by atoms with Crippen molar-refractivity contribution in [1.82, 2.24) is 0 Å². The quantitative estimate of drug-likeness (QED) is 0.493. The highest BCUT2D eigenvalue weighted by Crippen LogP contribution is 2.18. The topological polar surface area (TPSA) is 9.23 Å². The van der Waals surface area contributed by atoms with E-state index in [-0.39, 0.29) is 0 Å². The van der Waals surface area contributed by atoms with Crippen LogP contribution in [0.3, 0.4) is 0 Å². The minimum atomic E-state index is 0.599. The van der Waals surface area contributed by atoms with Crippen LogP contribution in [0, 0.1) is 0 Å². The van der Waals surface area contributed by atoms with Crippen LogP contribution in [0.1, 0.15) is 13.8 Å². The molecule has 0 aliphatic carbocycles. The lowest BCUT2D eigenvalue weighted by molar-refractivity contribution is 0.304. The van der Waals surface area contributed by atoms with Gasteiger partial charge in [0.2, 0.25) is 0 Å². The molecule has 0 saturated heterocycles. The first-order valence-electron chi connectivity index (χ1n) is 3.95. The number of methoxy groups -OCH3 is 1. The van der Waals surface area contributed by atoms with Gasteiger partial charge >= 0.3 is 0 Å². The molecule has 72 valence electrons. The zero-order chi connectivity index (χ0) is 10.4. The fourth-order valence-electron chi connectivity index (χ4n) is 0.702. The van der Waals surface area contributed by atoms with Crippen molar-refractivity contribution in [2.24, 2.45) is 0 Å². The summed E-state index contributed by atoms with van der Waals surface area (Å²) in [6, 6.07) is 0. The van der Waals surface area contributed by atoms with Gasteiger partial charge in [0.1, 0.15) is 5.76 Å². The minimum Gasteiger partial charge on any atom is -0.497 e. The lowest BCUT2D eigenvalue weighted by Crippen LogP contribution is -1.88. The molecule has 13 heavy (non-hydrogen) atoms. The van der Waals surface area contributed by atoms with E-state index in [1.54, 1.807) is 13.2 Å². The molecule has 0 aliphatic heterocycles. The monoisotopic (exact) mass is 198 g/mol. The van der Waals surface area contributed by atoms with Crippen LogP contribution in [-0.2, 0) is 4.74 Å². The molecule has 0 bridgehead atoms. The second kappa shape index (κ2) is 5.65. The van der Waals surface area contributed by atoms with Gasteiger partial charge in [0.25, 0.3) is 0 Å². The van der Waals surface area contributed by atoms with Crippen molar-refractivity contribution in [3.05, 3.63) is 47.2 Å². The predicted octanol–water partition coefficient (Wildman–Crippen LogP) is 3.79. The number of halogens is 1. The van der Waals surface area contributed by atoms with Gasteiger partial charge in [-0.1, -0.05) is 30.8 Å². The number of ether oxygens (including phenoxy) is 1. The summed E-state index contributed by atoms with van der Waals surface area (Å²) < 4.78 is 4.99. The van der Waals surface area contributed by atoms with Crippen LogP contribution < -0.4 is 0 Å². The van der Waals surface area contributed by atoms with Crippen molar-refractivity contribution < 1.29 is 4.74 Å². The average molecular weight is 199 g/mol. The molecular weight excluding hydrogens is 184 g/mol. The van der Waals surface area contributed by atoms with Crippen LogP contribution in [0.5, 0.6) is 0 Å². The van der Waals surface area contributed by atoms with Gasteiger partial charge in [0, 0.05) is 10.6 Å². The first-order chi connectivity index (χ1) is 6.02. The maximum absolute atomic E-state index is 5.91. The van der Waals surface area contributed by atoms with Crippen LogP contribution in [0.2, 0.25) is 0 Å². The standard InChI is InChI=1S/C11H15ClO/c1-6-10(9(4)13-5)7-11(12)8(2)3/h6-7H,2,4H2,1,3,5H3/b10-6+,11-7+. The third-order valence-electron chi connectivity index (χ3n) is 1.57. The zero-order valence-corrected chi connectivity index (χ0v) is 9.11. The van der Waals surface area contributed by atoms with Gasteiger partial charge in [-0.15, -0.1) is 0 Å². The summed E-state index contributed by atoms with van der Waals surface area (Å²) in [4.78, 5) is 0. The Morgan fingerprint density at radius 3 is 2.23 bits per heavy atom. The Morgan fingerprint density at radius 2 is 1.92 bits per heavy atom. The molecule has 0 atom stereocenters. The minimum absolute atomic E-state index is 0.599. The molecule has 0 aromatic carbocycles. The Kier molecular flexibility index (Phi) is 5.24. The molecule has 0 aromatic rings. The average Bonchev–Trinajstić information content (AvgIpc) is 2.12. The van der Waals surface area contributed by atoms with Crippen LogP contribution in [0.15, 0.2) is 47.2 Å². The summed E-state index contributed by atoms with van der Waals surface area (Å²) in [5, 5.41) is 0.617. The second-order valence-corrected chi connectivity index (χ2v) is 3.05. The van der Waals surface area contributed by atoms with E-state index in [0.29, 0.717) is 10.8 Å². The first kappa shape index (κ1) is 12.0. The molecule has 0 saturated carbocycles. The summed E-state index contributed by atoms with van der Waals surface area (Å²) in [5.74, 6) is 0.599. The highest BCUT2D eigenvalue weighted by Gasteiger charge is 2.00. The van der Waals surface area contributed by atoms with Gasteiger partial charge in [-0.25, -0.2) is 0 Å². The first-order valence-corrected chi connectivity index (χ1v) is 4.33. The molecule has 0 amide bonds. The fraction of sp³-hybridized carbons (Fsp3) is 0.273. The van der Waals surface area contributed by atoms with Gasteiger partial charge in [0.15, 0.2) is 0 Å². The molecular formula is C11H15ClO. The van der Waals surface area contributed by atoms with Gasteiger partial charge in [0.05, 0.1) is 7.11 Å². The molecule has 0 radical (unpaired) electrons. The SMILES string of the molecule is C=C(C)/C(Cl)=C\C(=C/C)C(=C)OC. The predicted molar refractivity (Wildman–Crippen MR) is 58.7 cm³/mol. The van der Waals surface area contributed by atoms with Crippen molar-refractivity contribution in [1.29, 1.82) is 0 Å². The van der Waals surface area contributed by atoms with Gasteiger partial charge < -0.3 is 4.74 Å². The Morgan fingerprint density at radius 1 is 1.38 bits per heavy atom. The number of hydrogen-bond donors (Lipinski definition) is 0. The summed E-state index contributed by atoms with van der Waals surface area (Å²) >= 11 is 5.91. The normalized spacial score (nSPS) is 12.6. The van der Waals surface area contributed by atoms with Crippen molar-refractivity contribution in [3.8, 4) is 0 Å². The lowest BCUT2D eigenvalue weighted by atomic mass is 10.1. The van der Waals surface area contributed by atoms with Crippen molar-refractivity contribution in [3.63, 3.8) is 0 Å². The van der Waals surface area contributed by atoms with Crippen molar-refractivity contribution in [2.45, 2.75) is 13.8 Å². The molecule has 0 heterocycles. The van der Waals surface area contributed by atoms with E-state index in [9.17, 15) is 0 Å². The third-order valence-corrected chi connectivity index (χ3v) is 2.00. The highest BCUT2D eigenvalue weighted by molar-refractivity contribution is 6.32. The fourth-order valence-corrected chi connectivity index (χ4v) is 0.820. The Labute approximate surface area is 85.0 Å². The number of rotatable bonds is 4. The van der Waals surface area contributed by atoms with Crippen LogP contribution in [0.4, 0.5) is 0 Å². The van der Waals surface area contributed by atoms with Gasteiger partial charge in [-0.3, -0.25) is 0 Å². The highest BCUT2D eigenvalue weighted by atomic mass is 35.5. The van der Waals surface area contributed by atoms with E-state index in [1.807, 2.05) is 19.9 Å². The van der Waals surface area contributed by atoms with E-state index in [1.165, 1.54) is 0 Å². The molecule has 0 spiro atoms. The maximum atomic E-state index is 5.91. The van der Waals surface area contributed by atoms with Crippen LogP contribution in [0.25, 0.3) is 0 Å². The lowest BCUT2D eigenvalue weighted by Gasteiger charge is -2.05. The summed E-state index contributed by atoms with van der Waals surface area (Å²) in [7, 11) is 1.58. The van der Waals surface area contributed by atoms with E-state index in [0.717, 1.165) is 11.1 Å². The van der Waals surface area contributed by atoms with E-state index >= 15 is 0 Å². The molecule has 0 N–H and O–H groups in total. The van der Waals surface area contributed by atoms with E-state index < -0.39 is 0 Å². The number of hydrogen-bond acceptors (Lipinski definition) is 1. The third kappa shape index (κ3) is 4.00. The Hall–Kier alpha value is -0.950. The Balaban J connectivity index is 4.75. The molecule has 0 aromatic heterocycles. The summed E-state index contributed by atoms with van der Waals surface area (Å²) in [6.45, 7) is 11.2. The van der Waals surface area contributed by atoms with Crippen molar-refractivity contribution in [2.75, 3.05) is 7.11 Å². The molecule has 0 fully saturated rings. The second-order valence-electron chi connectivity index (χ2n) is 2.64. The maximum Gasteiger partial charge on any atom is 0.118 e. The Bertz CT molecular complexity index is 272. The zero-order valence-electron chi connectivity index (χ0n) is 8.36. The summed E-state index contributed by atoms with van der Waals surface area (Å²) in [5.41, 5.74) is 1.69. The van der Waals surface area contributed by atoms with Crippen molar-refractivity contribution >= 4 is 11.6 Å². The molecule has 0 aliphatic rings. The molecule has 0 rings (SSSR count). The molecule has 0 unspecified atom stereocenters. The van der Waals surface area contributed by atoms with Crippen LogP contribution >= 0.6 is 11.6 Å². The molecule has 2 heteroatoms. The summed E-state index contributed by atoms with van der Waals surface area (Å²) in [6.07, 6.45) is 3.67. The van der Waals surface area contributed by atoms with E-state index in [4.69, 9.17) is 16.3 Å². The van der Waals surface area contributed by atoms with E-state index in [2.05, 4.69) is 13.2 Å². The van der Waals surface area contributed by atoms with Crippen LogP contribution in [-0.4, -0.2) is 7.11 Å². The molecule has 1 nitrogen and oxygen atoms in total. The smallest absolute Gasteiger partial charge is 0.118 e.